The molecule has 1 aromatic carbocycles. The Morgan fingerprint density at radius 1 is 1.37 bits per heavy atom. The average molecular weight is 281 g/mol. The third kappa shape index (κ3) is 3.64. The lowest BCUT2D eigenvalue weighted by atomic mass is 9.97. The molecule has 19 heavy (non-hydrogen) atoms. The first kappa shape index (κ1) is 14.7. The van der Waals surface area contributed by atoms with Crippen molar-refractivity contribution in [2.75, 3.05) is 18.5 Å². The van der Waals surface area contributed by atoms with Crippen molar-refractivity contribution in [3.63, 3.8) is 0 Å². The number of nitrogens with zero attached hydrogens (tertiary/aromatic N) is 1. The van der Waals surface area contributed by atoms with Crippen LogP contribution in [0.3, 0.4) is 0 Å². The van der Waals surface area contributed by atoms with Gasteiger partial charge in [-0.1, -0.05) is 31.0 Å². The fraction of sp³-hybridized carbons (Fsp3) is 0.625. The zero-order valence-electron chi connectivity index (χ0n) is 12.1. The van der Waals surface area contributed by atoms with E-state index in [4.69, 9.17) is 11.6 Å². The molecule has 0 aromatic heterocycles. The van der Waals surface area contributed by atoms with Crippen molar-refractivity contribution in [3.05, 3.63) is 28.8 Å². The van der Waals surface area contributed by atoms with Gasteiger partial charge in [0.2, 0.25) is 0 Å². The Morgan fingerprint density at radius 2 is 2.21 bits per heavy atom. The number of nitrogens with one attached hydrogen (secondary N) is 1. The molecule has 106 valence electrons. The highest BCUT2D eigenvalue weighted by atomic mass is 35.5. The minimum Gasteiger partial charge on any atom is -0.369 e. The van der Waals surface area contributed by atoms with E-state index in [-0.39, 0.29) is 0 Å². The van der Waals surface area contributed by atoms with Crippen LogP contribution < -0.4 is 10.2 Å². The zero-order valence-corrected chi connectivity index (χ0v) is 12.8. The second kappa shape index (κ2) is 7.16. The molecule has 3 heteroatoms. The normalized spacial score (nSPS) is 19.7. The van der Waals surface area contributed by atoms with Crippen LogP contribution in [0.2, 0.25) is 5.02 Å². The van der Waals surface area contributed by atoms with Crippen LogP contribution in [0.1, 0.15) is 44.6 Å². The quantitative estimate of drug-likeness (QED) is 0.869. The van der Waals surface area contributed by atoms with Gasteiger partial charge < -0.3 is 10.2 Å². The minimum absolute atomic E-state index is 0.699. The first-order valence-electron chi connectivity index (χ1n) is 7.46. The van der Waals surface area contributed by atoms with Gasteiger partial charge in [0.05, 0.1) is 0 Å². The maximum atomic E-state index is 6.39. The summed E-state index contributed by atoms with van der Waals surface area (Å²) in [5.41, 5.74) is 2.47. The number of hydrogen-bond donors (Lipinski definition) is 1. The second-order valence-electron chi connectivity index (χ2n) is 5.44. The molecule has 2 nitrogen and oxygen atoms in total. The Kier molecular flexibility index (Phi) is 5.53. The number of piperidine rings is 1. The number of rotatable bonds is 5. The van der Waals surface area contributed by atoms with Crippen molar-refractivity contribution in [2.24, 2.45) is 0 Å². The van der Waals surface area contributed by atoms with E-state index < -0.39 is 0 Å². The number of halogens is 1. The van der Waals surface area contributed by atoms with Crippen LogP contribution in [0.5, 0.6) is 0 Å². The van der Waals surface area contributed by atoms with Gasteiger partial charge in [-0.25, -0.2) is 0 Å². The van der Waals surface area contributed by atoms with Crippen molar-refractivity contribution in [3.8, 4) is 0 Å². The topological polar surface area (TPSA) is 15.3 Å². The summed E-state index contributed by atoms with van der Waals surface area (Å²) in [6.07, 6.45) is 6.54. The predicted octanol–water partition coefficient (Wildman–Crippen LogP) is 4.22. The summed E-state index contributed by atoms with van der Waals surface area (Å²) in [6.45, 7) is 4.28. The smallest absolute Gasteiger partial charge is 0.0471 e. The summed E-state index contributed by atoms with van der Waals surface area (Å²) in [5.74, 6) is 0. The summed E-state index contributed by atoms with van der Waals surface area (Å²) in [7, 11) is 1.95. The Labute approximate surface area is 122 Å². The maximum absolute atomic E-state index is 6.39. The van der Waals surface area contributed by atoms with E-state index in [1.54, 1.807) is 0 Å². The van der Waals surface area contributed by atoms with Crippen LogP contribution in [-0.4, -0.2) is 19.6 Å². The zero-order chi connectivity index (χ0) is 13.7. The molecule has 0 aliphatic carbocycles. The first-order valence-corrected chi connectivity index (χ1v) is 7.83. The van der Waals surface area contributed by atoms with E-state index in [1.165, 1.54) is 49.9 Å². The predicted molar refractivity (Wildman–Crippen MR) is 84.1 cm³/mol. The number of anilines is 1. The molecule has 1 aromatic rings. The molecule has 0 saturated carbocycles. The van der Waals surface area contributed by atoms with Crippen LogP contribution in [0.25, 0.3) is 0 Å². The summed E-state index contributed by atoms with van der Waals surface area (Å²) in [6, 6.07) is 7.23. The highest BCUT2D eigenvalue weighted by Gasteiger charge is 2.22. The summed E-state index contributed by atoms with van der Waals surface area (Å²) in [5, 5.41) is 4.04. The van der Waals surface area contributed by atoms with Crippen LogP contribution in [0, 0.1) is 0 Å². The van der Waals surface area contributed by atoms with E-state index in [0.717, 1.165) is 11.6 Å². The molecular formula is C16H25ClN2. The van der Waals surface area contributed by atoms with Crippen molar-refractivity contribution >= 4 is 17.3 Å². The van der Waals surface area contributed by atoms with Crippen LogP contribution in [0.15, 0.2) is 18.2 Å². The molecule has 0 amide bonds. The fourth-order valence-corrected chi connectivity index (χ4v) is 3.26. The molecule has 1 unspecified atom stereocenters. The molecule has 1 N–H and O–H groups in total. The maximum Gasteiger partial charge on any atom is 0.0471 e. The Balaban J connectivity index is 2.17. The molecular weight excluding hydrogens is 256 g/mol. The molecule has 2 rings (SSSR count). The van der Waals surface area contributed by atoms with Gasteiger partial charge in [-0.3, -0.25) is 0 Å². The van der Waals surface area contributed by atoms with Crippen LogP contribution >= 0.6 is 11.6 Å². The van der Waals surface area contributed by atoms with E-state index in [9.17, 15) is 0 Å². The molecule has 1 saturated heterocycles. The van der Waals surface area contributed by atoms with Crippen molar-refractivity contribution < 1.29 is 0 Å². The largest absolute Gasteiger partial charge is 0.369 e. The average Bonchev–Trinajstić information content (AvgIpc) is 2.42. The van der Waals surface area contributed by atoms with E-state index in [1.807, 2.05) is 7.05 Å². The highest BCUT2D eigenvalue weighted by Crippen LogP contribution is 2.30. The first-order chi connectivity index (χ1) is 9.26. The molecule has 1 heterocycles. The lowest BCUT2D eigenvalue weighted by Gasteiger charge is -2.38. The van der Waals surface area contributed by atoms with Crippen molar-refractivity contribution in [1.29, 1.82) is 0 Å². The third-order valence-corrected chi connectivity index (χ3v) is 4.34. The van der Waals surface area contributed by atoms with Crippen molar-refractivity contribution in [2.45, 2.75) is 51.6 Å². The fourth-order valence-electron chi connectivity index (χ4n) is 3.02. The van der Waals surface area contributed by atoms with Gasteiger partial charge in [0, 0.05) is 29.8 Å². The van der Waals surface area contributed by atoms with Crippen LogP contribution in [-0.2, 0) is 6.54 Å². The Morgan fingerprint density at radius 3 is 2.89 bits per heavy atom. The minimum atomic E-state index is 0.699. The summed E-state index contributed by atoms with van der Waals surface area (Å²) >= 11 is 6.39. The van der Waals surface area contributed by atoms with E-state index in [0.29, 0.717) is 6.04 Å². The van der Waals surface area contributed by atoms with Crippen LogP contribution in [0.4, 0.5) is 5.69 Å². The molecule has 0 spiro atoms. The van der Waals surface area contributed by atoms with Gasteiger partial charge in [-0.2, -0.15) is 0 Å². The second-order valence-corrected chi connectivity index (χ2v) is 5.84. The van der Waals surface area contributed by atoms with Gasteiger partial charge in [-0.15, -0.1) is 0 Å². The molecule has 0 radical (unpaired) electrons. The van der Waals surface area contributed by atoms with Gasteiger partial charge in [0.25, 0.3) is 0 Å². The number of benzene rings is 1. The molecule has 1 aliphatic rings. The lowest BCUT2D eigenvalue weighted by Crippen LogP contribution is -2.39. The van der Waals surface area contributed by atoms with E-state index in [2.05, 4.69) is 35.3 Å². The van der Waals surface area contributed by atoms with E-state index >= 15 is 0 Å². The van der Waals surface area contributed by atoms with Gasteiger partial charge in [0.1, 0.15) is 0 Å². The number of hydrogen-bond acceptors (Lipinski definition) is 2. The standard InChI is InChI=1S/C16H25ClN2/c1-3-6-14-7-4-5-10-19(14)15-9-8-13(12-18-2)16(17)11-15/h8-9,11,14,18H,3-7,10,12H2,1-2H3. The summed E-state index contributed by atoms with van der Waals surface area (Å²) in [4.78, 5) is 2.56. The van der Waals surface area contributed by atoms with Gasteiger partial charge in [-0.05, 0) is 50.4 Å². The van der Waals surface area contributed by atoms with Gasteiger partial charge in [0.15, 0.2) is 0 Å². The third-order valence-electron chi connectivity index (χ3n) is 3.98. The Bertz CT molecular complexity index is 404. The summed E-state index contributed by atoms with van der Waals surface area (Å²) < 4.78 is 0. The molecule has 1 aliphatic heterocycles. The molecule has 1 fully saturated rings. The Hall–Kier alpha value is -0.730. The monoisotopic (exact) mass is 280 g/mol. The molecule has 1 atom stereocenters. The lowest BCUT2D eigenvalue weighted by molar-refractivity contribution is 0.435. The van der Waals surface area contributed by atoms with Gasteiger partial charge >= 0.3 is 0 Å². The van der Waals surface area contributed by atoms with Crippen molar-refractivity contribution in [1.82, 2.24) is 5.32 Å². The SMILES string of the molecule is CCCC1CCCCN1c1ccc(CNC)c(Cl)c1. The highest BCUT2D eigenvalue weighted by molar-refractivity contribution is 6.31. The molecule has 0 bridgehead atoms.